The van der Waals surface area contributed by atoms with Crippen molar-refractivity contribution in [1.82, 2.24) is 0 Å². The second-order valence-corrected chi connectivity index (χ2v) is 4.09. The van der Waals surface area contributed by atoms with Crippen LogP contribution in [0.1, 0.15) is 33.6 Å². The third-order valence-corrected chi connectivity index (χ3v) is 2.53. The SMILES string of the molecule is CC(C)CC1(N)CCOC1C. The van der Waals surface area contributed by atoms with Gasteiger partial charge in [0, 0.05) is 12.1 Å². The average molecular weight is 157 g/mol. The summed E-state index contributed by atoms with van der Waals surface area (Å²) in [5.41, 5.74) is 6.13. The fourth-order valence-electron chi connectivity index (χ4n) is 1.82. The van der Waals surface area contributed by atoms with Crippen molar-refractivity contribution in [2.45, 2.75) is 45.3 Å². The van der Waals surface area contributed by atoms with Crippen LogP contribution in [0.5, 0.6) is 0 Å². The van der Waals surface area contributed by atoms with Crippen molar-refractivity contribution < 1.29 is 4.74 Å². The molecule has 11 heavy (non-hydrogen) atoms. The molecule has 66 valence electrons. The Morgan fingerprint density at radius 2 is 2.27 bits per heavy atom. The lowest BCUT2D eigenvalue weighted by Gasteiger charge is -2.29. The number of hydrogen-bond acceptors (Lipinski definition) is 2. The lowest BCUT2D eigenvalue weighted by molar-refractivity contribution is 0.0889. The fraction of sp³-hybridized carbons (Fsp3) is 1.00. The second-order valence-electron chi connectivity index (χ2n) is 4.09. The Labute approximate surface area is 69.1 Å². The van der Waals surface area contributed by atoms with Gasteiger partial charge in [0.05, 0.1) is 6.10 Å². The zero-order chi connectivity index (χ0) is 8.48. The maximum atomic E-state index is 6.18. The van der Waals surface area contributed by atoms with E-state index in [2.05, 4.69) is 20.8 Å². The molecule has 2 heteroatoms. The summed E-state index contributed by atoms with van der Waals surface area (Å²) in [5, 5.41) is 0. The van der Waals surface area contributed by atoms with E-state index >= 15 is 0 Å². The molecule has 2 unspecified atom stereocenters. The summed E-state index contributed by atoms with van der Waals surface area (Å²) in [6.07, 6.45) is 2.34. The topological polar surface area (TPSA) is 35.2 Å². The molecule has 2 atom stereocenters. The highest BCUT2D eigenvalue weighted by Crippen LogP contribution is 2.29. The van der Waals surface area contributed by atoms with E-state index in [0.29, 0.717) is 5.92 Å². The number of ether oxygens (including phenoxy) is 1. The van der Waals surface area contributed by atoms with Crippen molar-refractivity contribution in [3.8, 4) is 0 Å². The van der Waals surface area contributed by atoms with E-state index in [1.54, 1.807) is 0 Å². The summed E-state index contributed by atoms with van der Waals surface area (Å²) >= 11 is 0. The predicted molar refractivity (Wildman–Crippen MR) is 46.4 cm³/mol. The van der Waals surface area contributed by atoms with Crippen LogP contribution in [0.15, 0.2) is 0 Å². The van der Waals surface area contributed by atoms with Crippen LogP contribution < -0.4 is 5.73 Å². The van der Waals surface area contributed by atoms with Gasteiger partial charge in [0.15, 0.2) is 0 Å². The summed E-state index contributed by atoms with van der Waals surface area (Å²) in [6, 6.07) is 0. The van der Waals surface area contributed by atoms with Gasteiger partial charge in [-0.15, -0.1) is 0 Å². The molecule has 2 N–H and O–H groups in total. The van der Waals surface area contributed by atoms with E-state index in [0.717, 1.165) is 19.4 Å². The van der Waals surface area contributed by atoms with Gasteiger partial charge in [0.1, 0.15) is 0 Å². The van der Waals surface area contributed by atoms with Gasteiger partial charge in [-0.3, -0.25) is 0 Å². The Morgan fingerprint density at radius 1 is 1.64 bits per heavy atom. The summed E-state index contributed by atoms with van der Waals surface area (Å²) in [4.78, 5) is 0. The molecule has 1 aliphatic heterocycles. The van der Waals surface area contributed by atoms with Gasteiger partial charge in [-0.1, -0.05) is 13.8 Å². The van der Waals surface area contributed by atoms with Crippen molar-refractivity contribution in [1.29, 1.82) is 0 Å². The Hall–Kier alpha value is -0.0800. The van der Waals surface area contributed by atoms with Crippen LogP contribution in [0, 0.1) is 5.92 Å². The lowest BCUT2D eigenvalue weighted by atomic mass is 9.85. The Kier molecular flexibility index (Phi) is 2.55. The van der Waals surface area contributed by atoms with E-state index < -0.39 is 0 Å². The molecule has 0 bridgehead atoms. The highest BCUT2D eigenvalue weighted by Gasteiger charge is 2.37. The van der Waals surface area contributed by atoms with Gasteiger partial charge in [0.2, 0.25) is 0 Å². The van der Waals surface area contributed by atoms with Crippen LogP contribution in [-0.4, -0.2) is 18.2 Å². The first-order valence-electron chi connectivity index (χ1n) is 4.45. The molecule has 1 rings (SSSR count). The van der Waals surface area contributed by atoms with Crippen molar-refractivity contribution >= 4 is 0 Å². The third-order valence-electron chi connectivity index (χ3n) is 2.53. The predicted octanol–water partition coefficient (Wildman–Crippen LogP) is 1.54. The maximum Gasteiger partial charge on any atom is 0.0727 e. The molecule has 1 heterocycles. The Bertz CT molecular complexity index is 136. The molecular weight excluding hydrogens is 138 g/mol. The van der Waals surface area contributed by atoms with Crippen LogP contribution in [0.2, 0.25) is 0 Å². The van der Waals surface area contributed by atoms with Crippen molar-refractivity contribution in [2.24, 2.45) is 11.7 Å². The molecule has 0 saturated carbocycles. The van der Waals surface area contributed by atoms with Crippen molar-refractivity contribution in [2.75, 3.05) is 6.61 Å². The molecule has 0 amide bonds. The largest absolute Gasteiger partial charge is 0.377 e. The van der Waals surface area contributed by atoms with Crippen LogP contribution in [0.4, 0.5) is 0 Å². The van der Waals surface area contributed by atoms with Gasteiger partial charge in [-0.05, 0) is 25.7 Å². The molecule has 1 aliphatic rings. The zero-order valence-electron chi connectivity index (χ0n) is 7.76. The quantitative estimate of drug-likeness (QED) is 0.660. The van der Waals surface area contributed by atoms with Gasteiger partial charge < -0.3 is 10.5 Å². The van der Waals surface area contributed by atoms with E-state index in [4.69, 9.17) is 10.5 Å². The molecule has 0 spiro atoms. The Balaban J connectivity index is 2.51. The van der Waals surface area contributed by atoms with E-state index in [1.807, 2.05) is 0 Å². The van der Waals surface area contributed by atoms with Crippen LogP contribution in [0.3, 0.4) is 0 Å². The van der Waals surface area contributed by atoms with E-state index in [-0.39, 0.29) is 11.6 Å². The molecule has 0 aromatic heterocycles. The molecule has 2 nitrogen and oxygen atoms in total. The third kappa shape index (κ3) is 1.94. The summed E-state index contributed by atoms with van der Waals surface area (Å²) in [5.74, 6) is 0.671. The van der Waals surface area contributed by atoms with Gasteiger partial charge in [-0.25, -0.2) is 0 Å². The van der Waals surface area contributed by atoms with Crippen LogP contribution in [-0.2, 0) is 4.74 Å². The first kappa shape index (κ1) is 9.01. The maximum absolute atomic E-state index is 6.18. The second kappa shape index (κ2) is 3.11. The van der Waals surface area contributed by atoms with Gasteiger partial charge in [-0.2, -0.15) is 0 Å². The smallest absolute Gasteiger partial charge is 0.0727 e. The molecule has 1 saturated heterocycles. The molecule has 1 fully saturated rings. The van der Waals surface area contributed by atoms with Crippen molar-refractivity contribution in [3.05, 3.63) is 0 Å². The molecule has 0 aromatic carbocycles. The first-order valence-corrected chi connectivity index (χ1v) is 4.45. The number of rotatable bonds is 2. The Morgan fingerprint density at radius 3 is 2.64 bits per heavy atom. The molecule has 0 aromatic rings. The standard InChI is InChI=1S/C9H19NO/c1-7(2)6-9(10)4-5-11-8(9)3/h7-8H,4-6,10H2,1-3H3. The summed E-state index contributed by atoms with van der Waals surface area (Å²) < 4.78 is 5.44. The molecule has 0 radical (unpaired) electrons. The minimum Gasteiger partial charge on any atom is -0.377 e. The lowest BCUT2D eigenvalue weighted by Crippen LogP contribution is -2.46. The monoisotopic (exact) mass is 157 g/mol. The number of nitrogens with two attached hydrogens (primary N) is 1. The van der Waals surface area contributed by atoms with E-state index in [9.17, 15) is 0 Å². The number of hydrogen-bond donors (Lipinski definition) is 1. The first-order chi connectivity index (χ1) is 5.04. The summed E-state index contributed by atoms with van der Waals surface area (Å²) in [6.45, 7) is 7.33. The van der Waals surface area contributed by atoms with Crippen LogP contribution in [0.25, 0.3) is 0 Å². The average Bonchev–Trinajstić information content (AvgIpc) is 2.11. The fourth-order valence-corrected chi connectivity index (χ4v) is 1.82. The van der Waals surface area contributed by atoms with Gasteiger partial charge in [0.25, 0.3) is 0 Å². The minimum atomic E-state index is -0.0475. The van der Waals surface area contributed by atoms with Crippen molar-refractivity contribution in [3.63, 3.8) is 0 Å². The highest BCUT2D eigenvalue weighted by atomic mass is 16.5. The molecule has 0 aliphatic carbocycles. The van der Waals surface area contributed by atoms with E-state index in [1.165, 1.54) is 0 Å². The van der Waals surface area contributed by atoms with Gasteiger partial charge >= 0.3 is 0 Å². The normalized spacial score (nSPS) is 38.5. The van der Waals surface area contributed by atoms with Crippen LogP contribution >= 0.6 is 0 Å². The minimum absolute atomic E-state index is 0.0475. The summed E-state index contributed by atoms with van der Waals surface area (Å²) in [7, 11) is 0. The zero-order valence-corrected chi connectivity index (χ0v) is 7.76. The highest BCUT2D eigenvalue weighted by molar-refractivity contribution is 4.94. The molecular formula is C9H19NO.